The molecule has 86 valence electrons. The first kappa shape index (κ1) is 12.3. The summed E-state index contributed by atoms with van der Waals surface area (Å²) in [6.45, 7) is 6.71. The fourth-order valence-electron chi connectivity index (χ4n) is 2.27. The van der Waals surface area contributed by atoms with Crippen molar-refractivity contribution in [1.82, 2.24) is 5.32 Å². The van der Waals surface area contributed by atoms with Crippen molar-refractivity contribution in [2.45, 2.75) is 45.4 Å². The predicted molar refractivity (Wildman–Crippen MR) is 63.6 cm³/mol. The van der Waals surface area contributed by atoms with Crippen molar-refractivity contribution in [3.63, 3.8) is 0 Å². The van der Waals surface area contributed by atoms with Crippen molar-refractivity contribution in [3.8, 4) is 0 Å². The number of amides is 1. The monoisotopic (exact) mass is 209 g/mol. The quantitative estimate of drug-likeness (QED) is 0.547. The summed E-state index contributed by atoms with van der Waals surface area (Å²) in [7, 11) is 0. The largest absolute Gasteiger partial charge is 0.356 e. The summed E-state index contributed by atoms with van der Waals surface area (Å²) in [5.41, 5.74) is 0. The Labute approximate surface area is 93.1 Å². The molecule has 0 aliphatic heterocycles. The third-order valence-electron chi connectivity index (χ3n) is 3.19. The Morgan fingerprint density at radius 3 is 3.00 bits per heavy atom. The van der Waals surface area contributed by atoms with Gasteiger partial charge in [0.05, 0.1) is 0 Å². The van der Waals surface area contributed by atoms with Gasteiger partial charge in [0.25, 0.3) is 0 Å². The molecule has 0 radical (unpaired) electrons. The highest BCUT2D eigenvalue weighted by molar-refractivity contribution is 5.78. The molecule has 0 bridgehead atoms. The Morgan fingerprint density at radius 2 is 2.33 bits per heavy atom. The van der Waals surface area contributed by atoms with E-state index in [0.29, 0.717) is 0 Å². The second kappa shape index (κ2) is 6.65. The van der Waals surface area contributed by atoms with E-state index in [9.17, 15) is 4.79 Å². The molecule has 0 heterocycles. The van der Waals surface area contributed by atoms with Crippen molar-refractivity contribution < 1.29 is 4.79 Å². The fraction of sp³-hybridized carbons (Fsp3) is 0.769. The maximum Gasteiger partial charge on any atom is 0.223 e. The Kier molecular flexibility index (Phi) is 5.44. The Hall–Kier alpha value is -0.790. The van der Waals surface area contributed by atoms with Crippen LogP contribution in [0.3, 0.4) is 0 Å². The first-order valence-electron chi connectivity index (χ1n) is 6.12. The van der Waals surface area contributed by atoms with Gasteiger partial charge in [-0.2, -0.15) is 0 Å². The fourth-order valence-corrected chi connectivity index (χ4v) is 2.27. The van der Waals surface area contributed by atoms with E-state index >= 15 is 0 Å². The molecule has 1 amide bonds. The molecule has 1 aliphatic carbocycles. The van der Waals surface area contributed by atoms with Gasteiger partial charge in [0, 0.05) is 12.5 Å². The van der Waals surface area contributed by atoms with Crippen molar-refractivity contribution in [1.29, 1.82) is 0 Å². The van der Waals surface area contributed by atoms with Crippen LogP contribution < -0.4 is 5.32 Å². The first-order chi connectivity index (χ1) is 7.24. The Balaban J connectivity index is 2.18. The number of nitrogens with one attached hydrogen (secondary N) is 1. The van der Waals surface area contributed by atoms with Gasteiger partial charge in [0.2, 0.25) is 5.91 Å². The molecule has 0 saturated heterocycles. The molecule has 1 saturated carbocycles. The van der Waals surface area contributed by atoms with E-state index in [-0.39, 0.29) is 11.8 Å². The third-order valence-corrected chi connectivity index (χ3v) is 3.19. The first-order valence-corrected chi connectivity index (χ1v) is 6.12. The van der Waals surface area contributed by atoms with Gasteiger partial charge in [-0.15, -0.1) is 6.58 Å². The average molecular weight is 209 g/mol. The van der Waals surface area contributed by atoms with Gasteiger partial charge in [0.1, 0.15) is 0 Å². The highest BCUT2D eigenvalue weighted by atomic mass is 16.1. The van der Waals surface area contributed by atoms with Gasteiger partial charge in [-0.1, -0.05) is 25.8 Å². The summed E-state index contributed by atoms with van der Waals surface area (Å²) < 4.78 is 0. The van der Waals surface area contributed by atoms with E-state index in [0.717, 1.165) is 38.1 Å². The summed E-state index contributed by atoms with van der Waals surface area (Å²) in [5.74, 6) is 1.27. The van der Waals surface area contributed by atoms with Gasteiger partial charge in [-0.05, 0) is 31.6 Å². The van der Waals surface area contributed by atoms with Crippen LogP contribution in [0.25, 0.3) is 0 Å². The van der Waals surface area contributed by atoms with Crippen LogP contribution in [0.4, 0.5) is 0 Å². The minimum Gasteiger partial charge on any atom is -0.356 e. The number of carbonyl (C=O) groups is 1. The molecule has 1 N–H and O–H groups in total. The lowest BCUT2D eigenvalue weighted by atomic mass is 9.82. The van der Waals surface area contributed by atoms with Crippen molar-refractivity contribution in [2.75, 3.05) is 6.54 Å². The van der Waals surface area contributed by atoms with E-state index in [1.54, 1.807) is 0 Å². The Morgan fingerprint density at radius 1 is 1.53 bits per heavy atom. The van der Waals surface area contributed by atoms with Crippen LogP contribution in [-0.2, 0) is 4.79 Å². The maximum absolute atomic E-state index is 11.8. The SMILES string of the molecule is C=CCCCNC(=O)[C@@H]1CCC[C@@H](C)C1. The molecule has 2 nitrogen and oxygen atoms in total. The van der Waals surface area contributed by atoms with Crippen LogP contribution in [0.5, 0.6) is 0 Å². The summed E-state index contributed by atoms with van der Waals surface area (Å²) in [6, 6.07) is 0. The summed E-state index contributed by atoms with van der Waals surface area (Å²) in [5, 5.41) is 3.02. The number of carbonyl (C=O) groups excluding carboxylic acids is 1. The van der Waals surface area contributed by atoms with Gasteiger partial charge in [0.15, 0.2) is 0 Å². The lowest BCUT2D eigenvalue weighted by Crippen LogP contribution is -2.33. The second-order valence-electron chi connectivity index (χ2n) is 4.69. The van der Waals surface area contributed by atoms with Crippen LogP contribution >= 0.6 is 0 Å². The number of unbranched alkanes of at least 4 members (excludes halogenated alkanes) is 1. The zero-order chi connectivity index (χ0) is 11.1. The molecule has 0 spiro atoms. The van der Waals surface area contributed by atoms with E-state index in [1.165, 1.54) is 12.8 Å². The predicted octanol–water partition coefficient (Wildman–Crippen LogP) is 2.90. The molecule has 0 aromatic heterocycles. The molecular formula is C13H23NO. The molecule has 0 aromatic carbocycles. The van der Waals surface area contributed by atoms with Crippen LogP contribution in [0.2, 0.25) is 0 Å². The molecule has 2 heteroatoms. The summed E-state index contributed by atoms with van der Waals surface area (Å²) in [6.07, 6.45) is 8.56. The smallest absolute Gasteiger partial charge is 0.223 e. The third kappa shape index (κ3) is 4.50. The van der Waals surface area contributed by atoms with Gasteiger partial charge < -0.3 is 5.32 Å². The van der Waals surface area contributed by atoms with Gasteiger partial charge >= 0.3 is 0 Å². The topological polar surface area (TPSA) is 29.1 Å². The molecule has 1 rings (SSSR count). The van der Waals surface area contributed by atoms with Crippen molar-refractivity contribution in [2.24, 2.45) is 11.8 Å². The lowest BCUT2D eigenvalue weighted by molar-refractivity contribution is -0.126. The standard InChI is InChI=1S/C13H23NO/c1-3-4-5-9-14-13(15)12-8-6-7-11(2)10-12/h3,11-12H,1,4-10H2,2H3,(H,14,15)/t11-,12-/m1/s1. The molecular weight excluding hydrogens is 186 g/mol. The zero-order valence-electron chi connectivity index (χ0n) is 9.80. The lowest BCUT2D eigenvalue weighted by Gasteiger charge is -2.25. The minimum atomic E-state index is 0.269. The average Bonchev–Trinajstić information content (AvgIpc) is 2.24. The van der Waals surface area contributed by atoms with E-state index in [2.05, 4.69) is 18.8 Å². The van der Waals surface area contributed by atoms with Crippen LogP contribution in [0, 0.1) is 11.8 Å². The van der Waals surface area contributed by atoms with E-state index in [1.807, 2.05) is 6.08 Å². The normalized spacial score (nSPS) is 25.9. The van der Waals surface area contributed by atoms with Crippen LogP contribution in [-0.4, -0.2) is 12.5 Å². The maximum atomic E-state index is 11.8. The molecule has 1 fully saturated rings. The highest BCUT2D eigenvalue weighted by Crippen LogP contribution is 2.28. The number of hydrogen-bond acceptors (Lipinski definition) is 1. The van der Waals surface area contributed by atoms with Crippen LogP contribution in [0.1, 0.15) is 45.4 Å². The molecule has 0 unspecified atom stereocenters. The van der Waals surface area contributed by atoms with Gasteiger partial charge in [-0.25, -0.2) is 0 Å². The zero-order valence-corrected chi connectivity index (χ0v) is 9.80. The van der Waals surface area contributed by atoms with E-state index in [4.69, 9.17) is 0 Å². The number of hydrogen-bond donors (Lipinski definition) is 1. The molecule has 2 atom stereocenters. The number of allylic oxidation sites excluding steroid dienone is 1. The van der Waals surface area contributed by atoms with E-state index < -0.39 is 0 Å². The highest BCUT2D eigenvalue weighted by Gasteiger charge is 2.24. The second-order valence-corrected chi connectivity index (χ2v) is 4.69. The summed E-state index contributed by atoms with van der Waals surface area (Å²) >= 11 is 0. The summed E-state index contributed by atoms with van der Waals surface area (Å²) in [4.78, 5) is 11.8. The molecule has 1 aliphatic rings. The molecule has 15 heavy (non-hydrogen) atoms. The van der Waals surface area contributed by atoms with Crippen molar-refractivity contribution >= 4 is 5.91 Å². The van der Waals surface area contributed by atoms with Crippen molar-refractivity contribution in [3.05, 3.63) is 12.7 Å². The Bertz CT molecular complexity index is 213. The van der Waals surface area contributed by atoms with Crippen LogP contribution in [0.15, 0.2) is 12.7 Å². The molecule has 0 aromatic rings. The van der Waals surface area contributed by atoms with Gasteiger partial charge in [-0.3, -0.25) is 4.79 Å². The minimum absolute atomic E-state index is 0.269. The number of rotatable bonds is 5.